The minimum atomic E-state index is -3.66. The van der Waals surface area contributed by atoms with Crippen LogP contribution in [0.15, 0.2) is 83.8 Å². The number of sulfonamides is 1. The number of morpholine rings is 1. The largest absolute Gasteiger partial charge is 0.484 e. The molecule has 1 heterocycles. The van der Waals surface area contributed by atoms with Gasteiger partial charge in [-0.2, -0.15) is 4.31 Å². The normalized spacial score (nSPS) is 14.6. The van der Waals surface area contributed by atoms with Crippen molar-refractivity contribution in [1.82, 2.24) is 14.5 Å². The summed E-state index contributed by atoms with van der Waals surface area (Å²) in [5, 5.41) is 3.42. The summed E-state index contributed by atoms with van der Waals surface area (Å²) < 4.78 is 43.4. The zero-order valence-electron chi connectivity index (χ0n) is 24.0. The Kier molecular flexibility index (Phi) is 11.9. The van der Waals surface area contributed by atoms with Crippen LogP contribution in [0.4, 0.5) is 0 Å². The van der Waals surface area contributed by atoms with Gasteiger partial charge in [-0.3, -0.25) is 9.59 Å². The average molecular weight is 630 g/mol. The highest BCUT2D eigenvalue weighted by atomic mass is 35.5. The number of carbonyl (C=O) groups is 2. The lowest BCUT2D eigenvalue weighted by atomic mass is 10.0. The Hall–Kier alpha value is -3.48. The third-order valence-electron chi connectivity index (χ3n) is 6.94. The van der Waals surface area contributed by atoms with Crippen molar-refractivity contribution in [1.29, 1.82) is 0 Å². The summed E-state index contributed by atoms with van der Waals surface area (Å²) in [7, 11) is -2.11. The summed E-state index contributed by atoms with van der Waals surface area (Å²) in [5.41, 5.74) is 1.68. The Morgan fingerprint density at radius 2 is 1.65 bits per heavy atom. The highest BCUT2D eigenvalue weighted by Gasteiger charge is 2.31. The van der Waals surface area contributed by atoms with Crippen molar-refractivity contribution in [2.24, 2.45) is 0 Å². The van der Waals surface area contributed by atoms with Gasteiger partial charge < -0.3 is 24.4 Å². The van der Waals surface area contributed by atoms with Crippen molar-refractivity contribution in [2.45, 2.75) is 23.9 Å². The van der Waals surface area contributed by atoms with Gasteiger partial charge in [0.15, 0.2) is 6.61 Å². The van der Waals surface area contributed by atoms with Crippen LogP contribution < -0.4 is 10.1 Å². The average Bonchev–Trinajstić information content (AvgIpc) is 3.03. The molecule has 1 aliphatic heterocycles. The number of nitrogens with zero attached hydrogens (tertiary/aromatic N) is 2. The summed E-state index contributed by atoms with van der Waals surface area (Å²) in [5.74, 6) is -0.409. The van der Waals surface area contributed by atoms with Crippen molar-refractivity contribution >= 4 is 33.4 Å². The fourth-order valence-electron chi connectivity index (χ4n) is 4.61. The molecule has 0 saturated carbocycles. The van der Waals surface area contributed by atoms with E-state index in [1.807, 2.05) is 30.3 Å². The third-order valence-corrected chi connectivity index (χ3v) is 9.10. The molecule has 1 fully saturated rings. The fourth-order valence-corrected chi connectivity index (χ4v) is 6.14. The van der Waals surface area contributed by atoms with Crippen LogP contribution in [0.5, 0.6) is 5.75 Å². The summed E-state index contributed by atoms with van der Waals surface area (Å²) in [6.07, 6.45) is 0.285. The molecule has 0 spiro atoms. The predicted octanol–water partition coefficient (Wildman–Crippen LogP) is 3.14. The van der Waals surface area contributed by atoms with Gasteiger partial charge in [0.25, 0.3) is 5.91 Å². The van der Waals surface area contributed by atoms with Crippen LogP contribution in [0.3, 0.4) is 0 Å². The van der Waals surface area contributed by atoms with Crippen LogP contribution in [-0.2, 0) is 42.1 Å². The number of benzene rings is 3. The van der Waals surface area contributed by atoms with Crippen molar-refractivity contribution in [3.05, 3.63) is 95.0 Å². The number of nitrogens with one attached hydrogen (secondary N) is 1. The molecule has 1 aliphatic rings. The minimum Gasteiger partial charge on any atom is -0.484 e. The molecule has 10 nitrogen and oxygen atoms in total. The Labute approximate surface area is 257 Å². The maximum atomic E-state index is 13.7. The van der Waals surface area contributed by atoms with Gasteiger partial charge in [-0.15, -0.1) is 0 Å². The lowest BCUT2D eigenvalue weighted by Crippen LogP contribution is -2.52. The number of carbonyl (C=O) groups excluding carboxylic acids is 2. The van der Waals surface area contributed by atoms with E-state index in [-0.39, 0.29) is 30.4 Å². The van der Waals surface area contributed by atoms with Gasteiger partial charge in [-0.05, 0) is 47.5 Å². The van der Waals surface area contributed by atoms with Crippen LogP contribution in [0.2, 0.25) is 5.02 Å². The lowest BCUT2D eigenvalue weighted by molar-refractivity contribution is -0.142. The lowest BCUT2D eigenvalue weighted by Gasteiger charge is -2.31. The first-order valence-electron chi connectivity index (χ1n) is 13.9. The Bertz CT molecular complexity index is 1430. The van der Waals surface area contributed by atoms with E-state index in [4.69, 9.17) is 25.8 Å². The van der Waals surface area contributed by atoms with Crippen molar-refractivity contribution in [3.63, 3.8) is 0 Å². The number of hydrogen-bond donors (Lipinski definition) is 1. The molecule has 12 heteroatoms. The molecule has 1 N–H and O–H groups in total. The minimum absolute atomic E-state index is 0.132. The molecule has 0 radical (unpaired) electrons. The molecule has 3 aromatic rings. The zero-order valence-corrected chi connectivity index (χ0v) is 25.6. The third kappa shape index (κ3) is 9.25. The number of hydrogen-bond acceptors (Lipinski definition) is 7. The topological polar surface area (TPSA) is 114 Å². The molecule has 0 bridgehead atoms. The molecular weight excluding hydrogens is 594 g/mol. The van der Waals surface area contributed by atoms with E-state index >= 15 is 0 Å². The van der Waals surface area contributed by atoms with E-state index < -0.39 is 22.0 Å². The van der Waals surface area contributed by atoms with Crippen LogP contribution >= 0.6 is 11.6 Å². The van der Waals surface area contributed by atoms with E-state index in [1.165, 1.54) is 33.5 Å². The molecule has 230 valence electrons. The zero-order chi connectivity index (χ0) is 30.7. The smallest absolute Gasteiger partial charge is 0.261 e. The Morgan fingerprint density at radius 1 is 0.977 bits per heavy atom. The quantitative estimate of drug-likeness (QED) is 0.273. The van der Waals surface area contributed by atoms with Crippen LogP contribution in [-0.4, -0.2) is 88.7 Å². The first-order chi connectivity index (χ1) is 20.8. The molecule has 2 amide bonds. The summed E-state index contributed by atoms with van der Waals surface area (Å²) >= 11 is 6.08. The van der Waals surface area contributed by atoms with Gasteiger partial charge in [0.1, 0.15) is 11.8 Å². The van der Waals surface area contributed by atoms with Gasteiger partial charge in [0, 0.05) is 44.7 Å². The Balaban J connectivity index is 1.53. The number of methoxy groups -OCH3 is 1. The van der Waals surface area contributed by atoms with E-state index in [0.29, 0.717) is 50.2 Å². The summed E-state index contributed by atoms with van der Waals surface area (Å²) in [6.45, 7) is 1.69. The molecule has 1 unspecified atom stereocenters. The van der Waals surface area contributed by atoms with Crippen molar-refractivity contribution in [2.75, 3.05) is 53.2 Å². The molecule has 0 aromatic heterocycles. The van der Waals surface area contributed by atoms with Gasteiger partial charge in [-0.1, -0.05) is 54.1 Å². The second-order valence-corrected chi connectivity index (χ2v) is 12.3. The SMILES string of the molecule is COCCNC(=O)C(Cc1ccccc1)N(Cc1ccc(Cl)cc1)C(=O)COc1ccc(S(=O)(=O)N2CCOCC2)cc1. The van der Waals surface area contributed by atoms with Gasteiger partial charge in [-0.25, -0.2) is 8.42 Å². The molecule has 3 aromatic carbocycles. The van der Waals surface area contributed by atoms with Gasteiger partial charge in [0.2, 0.25) is 15.9 Å². The molecular formula is C31H36ClN3O7S. The first-order valence-corrected chi connectivity index (χ1v) is 15.7. The van der Waals surface area contributed by atoms with E-state index in [2.05, 4.69) is 5.32 Å². The van der Waals surface area contributed by atoms with Crippen molar-refractivity contribution < 1.29 is 32.2 Å². The Morgan fingerprint density at radius 3 is 2.30 bits per heavy atom. The van der Waals surface area contributed by atoms with Crippen LogP contribution in [0.25, 0.3) is 0 Å². The van der Waals surface area contributed by atoms with Crippen molar-refractivity contribution in [3.8, 4) is 5.75 Å². The fraction of sp³-hybridized carbons (Fsp3) is 0.355. The maximum Gasteiger partial charge on any atom is 0.261 e. The number of halogens is 1. The highest BCUT2D eigenvalue weighted by Crippen LogP contribution is 2.22. The van der Waals surface area contributed by atoms with Gasteiger partial charge in [0.05, 0.1) is 24.7 Å². The first kappa shape index (κ1) is 32.4. The van der Waals surface area contributed by atoms with E-state index in [9.17, 15) is 18.0 Å². The van der Waals surface area contributed by atoms with Gasteiger partial charge >= 0.3 is 0 Å². The molecule has 0 aliphatic carbocycles. The summed E-state index contributed by atoms with van der Waals surface area (Å²) in [4.78, 5) is 28.8. The molecule has 43 heavy (non-hydrogen) atoms. The standard InChI is InChI=1S/C31H36ClN3O7S/c1-40-18-15-33-31(37)29(21-24-5-3-2-4-6-24)35(22-25-7-9-26(32)10-8-25)30(36)23-42-27-11-13-28(14-12-27)43(38,39)34-16-19-41-20-17-34/h2-14,29H,15-23H2,1H3,(H,33,37). The monoisotopic (exact) mass is 629 g/mol. The van der Waals surface area contributed by atoms with Crippen LogP contribution in [0, 0.1) is 0 Å². The second kappa shape index (κ2) is 15.8. The van der Waals surface area contributed by atoms with E-state index in [1.54, 1.807) is 31.4 Å². The highest BCUT2D eigenvalue weighted by molar-refractivity contribution is 7.89. The maximum absolute atomic E-state index is 13.7. The van der Waals surface area contributed by atoms with E-state index in [0.717, 1.165) is 11.1 Å². The molecule has 4 rings (SSSR count). The predicted molar refractivity (Wildman–Crippen MR) is 162 cm³/mol. The summed E-state index contributed by atoms with van der Waals surface area (Å²) in [6, 6.07) is 21.6. The second-order valence-electron chi connectivity index (χ2n) is 9.91. The molecule has 1 saturated heterocycles. The number of amides is 2. The molecule has 1 atom stereocenters. The van der Waals surface area contributed by atoms with Crippen LogP contribution in [0.1, 0.15) is 11.1 Å². The number of rotatable bonds is 14. The number of ether oxygens (including phenoxy) is 3.